The topological polar surface area (TPSA) is 9.23 Å². The third-order valence-corrected chi connectivity index (χ3v) is 2.51. The molecule has 0 N–H and O–H groups in total. The van der Waals surface area contributed by atoms with Crippen LogP contribution in [0, 0.1) is 0 Å². The van der Waals surface area contributed by atoms with Crippen LogP contribution in [0.5, 0.6) is 0 Å². The van der Waals surface area contributed by atoms with E-state index in [2.05, 4.69) is 24.3 Å². The molecular weight excluding hydrogens is 220 g/mol. The third-order valence-electron chi connectivity index (χ3n) is 2.25. The molecule has 0 saturated carbocycles. The predicted molar refractivity (Wildman–Crippen MR) is 70.9 cm³/mol. The summed E-state index contributed by atoms with van der Waals surface area (Å²) in [6.45, 7) is 1.52. The highest BCUT2D eigenvalue weighted by atomic mass is 35.5. The molecule has 0 aliphatic heterocycles. The van der Waals surface area contributed by atoms with E-state index in [1.165, 1.54) is 5.56 Å². The van der Waals surface area contributed by atoms with Gasteiger partial charge < -0.3 is 4.74 Å². The lowest BCUT2D eigenvalue weighted by Crippen LogP contribution is -1.94. The van der Waals surface area contributed by atoms with Crippen LogP contribution in [0.15, 0.2) is 36.4 Å². The summed E-state index contributed by atoms with van der Waals surface area (Å²) in [6.07, 6.45) is 7.48. The third kappa shape index (κ3) is 6.65. The van der Waals surface area contributed by atoms with Crippen LogP contribution in [0.1, 0.15) is 24.8 Å². The van der Waals surface area contributed by atoms with E-state index in [0.29, 0.717) is 6.61 Å². The molecule has 0 aromatic heterocycles. The Morgan fingerprint density at radius 2 is 1.88 bits per heavy atom. The van der Waals surface area contributed by atoms with Gasteiger partial charge in [-0.05, 0) is 24.8 Å². The van der Waals surface area contributed by atoms with Crippen molar-refractivity contribution in [3.05, 3.63) is 42.0 Å². The van der Waals surface area contributed by atoms with Crippen molar-refractivity contribution in [2.75, 3.05) is 19.1 Å². The number of unbranched alkanes of at least 4 members (excludes halogenated alkanes) is 2. The Bertz CT molecular complexity index is 282. The maximum atomic E-state index is 5.58. The number of hydrogen-bond acceptors (Lipinski definition) is 1. The molecule has 0 bridgehead atoms. The van der Waals surface area contributed by atoms with Gasteiger partial charge >= 0.3 is 0 Å². The van der Waals surface area contributed by atoms with E-state index in [0.717, 1.165) is 31.7 Å². The lowest BCUT2D eigenvalue weighted by atomic mass is 10.2. The first-order valence-electron chi connectivity index (χ1n) is 5.79. The first-order chi connectivity index (χ1) is 7.93. The molecule has 1 aromatic rings. The molecule has 0 unspecified atom stereocenters. The largest absolute Gasteiger partial charge is 0.377 e. The number of rotatable bonds is 8. The van der Waals surface area contributed by atoms with E-state index in [1.54, 1.807) is 0 Å². The van der Waals surface area contributed by atoms with Gasteiger partial charge in [0.25, 0.3) is 0 Å². The van der Waals surface area contributed by atoms with E-state index in [1.807, 2.05) is 18.2 Å². The maximum Gasteiger partial charge on any atom is 0.0650 e. The highest BCUT2D eigenvalue weighted by Crippen LogP contribution is 2.01. The van der Waals surface area contributed by atoms with Crippen molar-refractivity contribution in [2.24, 2.45) is 0 Å². The van der Waals surface area contributed by atoms with Gasteiger partial charge in [-0.25, -0.2) is 0 Å². The fourth-order valence-electron chi connectivity index (χ4n) is 1.38. The van der Waals surface area contributed by atoms with Crippen LogP contribution < -0.4 is 0 Å². The molecule has 0 radical (unpaired) electrons. The fourth-order valence-corrected chi connectivity index (χ4v) is 1.56. The molecule has 1 aromatic carbocycles. The summed E-state index contributed by atoms with van der Waals surface area (Å²) >= 11 is 5.58. The second kappa shape index (κ2) is 9.44. The fraction of sp³-hybridized carbons (Fsp3) is 0.429. The van der Waals surface area contributed by atoms with Crippen LogP contribution in [0.3, 0.4) is 0 Å². The molecule has 0 aliphatic rings. The zero-order chi connectivity index (χ0) is 11.5. The second-order valence-electron chi connectivity index (χ2n) is 3.64. The number of benzene rings is 1. The van der Waals surface area contributed by atoms with Crippen molar-refractivity contribution >= 4 is 17.7 Å². The quantitative estimate of drug-likeness (QED) is 0.489. The zero-order valence-corrected chi connectivity index (χ0v) is 10.3. The van der Waals surface area contributed by atoms with Crippen LogP contribution in [0.4, 0.5) is 0 Å². The van der Waals surface area contributed by atoms with Gasteiger partial charge in [-0.3, -0.25) is 0 Å². The van der Waals surface area contributed by atoms with Crippen molar-refractivity contribution < 1.29 is 4.74 Å². The van der Waals surface area contributed by atoms with Gasteiger partial charge in [0.2, 0.25) is 0 Å². The molecule has 16 heavy (non-hydrogen) atoms. The molecule has 88 valence electrons. The minimum atomic E-state index is 0.690. The zero-order valence-electron chi connectivity index (χ0n) is 9.57. The van der Waals surface area contributed by atoms with Gasteiger partial charge in [0.05, 0.1) is 6.61 Å². The Kier molecular flexibility index (Phi) is 7.83. The average molecular weight is 239 g/mol. The summed E-state index contributed by atoms with van der Waals surface area (Å²) in [5, 5.41) is 0. The summed E-state index contributed by atoms with van der Waals surface area (Å²) in [4.78, 5) is 0. The molecule has 0 atom stereocenters. The number of hydrogen-bond donors (Lipinski definition) is 0. The van der Waals surface area contributed by atoms with Crippen LogP contribution in [0.2, 0.25) is 0 Å². The monoisotopic (exact) mass is 238 g/mol. The summed E-state index contributed by atoms with van der Waals surface area (Å²) in [6, 6.07) is 10.2. The summed E-state index contributed by atoms with van der Waals surface area (Å²) in [7, 11) is 0. The molecule has 0 fully saturated rings. The lowest BCUT2D eigenvalue weighted by Gasteiger charge is -1.99. The summed E-state index contributed by atoms with van der Waals surface area (Å²) in [5.41, 5.74) is 1.22. The molecule has 0 amide bonds. The first-order valence-corrected chi connectivity index (χ1v) is 6.32. The van der Waals surface area contributed by atoms with Gasteiger partial charge in [-0.15, -0.1) is 11.6 Å². The number of ether oxygens (including phenoxy) is 1. The minimum Gasteiger partial charge on any atom is -0.377 e. The average Bonchev–Trinajstić information content (AvgIpc) is 2.34. The molecule has 1 nitrogen and oxygen atoms in total. The van der Waals surface area contributed by atoms with E-state index < -0.39 is 0 Å². The van der Waals surface area contributed by atoms with Crippen LogP contribution in [-0.2, 0) is 4.74 Å². The maximum absolute atomic E-state index is 5.58. The number of alkyl halides is 1. The van der Waals surface area contributed by atoms with Crippen molar-refractivity contribution in [1.29, 1.82) is 0 Å². The van der Waals surface area contributed by atoms with Gasteiger partial charge in [0.15, 0.2) is 0 Å². The Morgan fingerprint density at radius 3 is 2.62 bits per heavy atom. The summed E-state index contributed by atoms with van der Waals surface area (Å²) < 4.78 is 5.47. The van der Waals surface area contributed by atoms with E-state index in [4.69, 9.17) is 16.3 Å². The van der Waals surface area contributed by atoms with Crippen LogP contribution >= 0.6 is 11.6 Å². The molecule has 0 aliphatic carbocycles. The van der Waals surface area contributed by atoms with Gasteiger partial charge in [-0.2, -0.15) is 0 Å². The van der Waals surface area contributed by atoms with E-state index >= 15 is 0 Å². The standard InChI is InChI=1S/C14H19ClO/c15-11-5-2-6-12-16-13-7-10-14-8-3-1-4-9-14/h1,3-4,7-10H,2,5-6,11-13H2/b10-7+. The molecule has 0 saturated heterocycles. The van der Waals surface area contributed by atoms with Crippen molar-refractivity contribution in [3.8, 4) is 0 Å². The lowest BCUT2D eigenvalue weighted by molar-refractivity contribution is 0.158. The highest BCUT2D eigenvalue weighted by Gasteiger charge is 1.88. The van der Waals surface area contributed by atoms with Crippen molar-refractivity contribution in [2.45, 2.75) is 19.3 Å². The van der Waals surface area contributed by atoms with Crippen LogP contribution in [-0.4, -0.2) is 19.1 Å². The Morgan fingerprint density at radius 1 is 1.06 bits per heavy atom. The number of halogens is 1. The Labute approximate surface area is 103 Å². The Balaban J connectivity index is 2.01. The summed E-state index contributed by atoms with van der Waals surface area (Å²) in [5.74, 6) is 0.758. The normalized spacial score (nSPS) is 11.1. The predicted octanol–water partition coefficient (Wildman–Crippen LogP) is 4.13. The van der Waals surface area contributed by atoms with Crippen molar-refractivity contribution in [3.63, 3.8) is 0 Å². The second-order valence-corrected chi connectivity index (χ2v) is 4.02. The highest BCUT2D eigenvalue weighted by molar-refractivity contribution is 6.17. The molecule has 0 heterocycles. The van der Waals surface area contributed by atoms with Gasteiger partial charge in [0.1, 0.15) is 0 Å². The van der Waals surface area contributed by atoms with Gasteiger partial charge in [0, 0.05) is 12.5 Å². The van der Waals surface area contributed by atoms with Gasteiger partial charge in [-0.1, -0.05) is 42.5 Å². The first kappa shape index (κ1) is 13.3. The molecular formula is C14H19ClO. The SMILES string of the molecule is ClCCCCCOC/C=C/c1ccccc1. The smallest absolute Gasteiger partial charge is 0.0650 e. The van der Waals surface area contributed by atoms with Crippen molar-refractivity contribution in [1.82, 2.24) is 0 Å². The van der Waals surface area contributed by atoms with Crippen LogP contribution in [0.25, 0.3) is 6.08 Å². The molecule has 2 heteroatoms. The van der Waals surface area contributed by atoms with E-state index in [9.17, 15) is 0 Å². The molecule has 1 rings (SSSR count). The minimum absolute atomic E-state index is 0.690. The Hall–Kier alpha value is -0.790. The molecule has 0 spiro atoms. The van der Waals surface area contributed by atoms with E-state index in [-0.39, 0.29) is 0 Å².